The Kier molecular flexibility index (Phi) is 32.9. The van der Waals surface area contributed by atoms with Crippen LogP contribution in [-0.2, 0) is 8.85 Å². The molecule has 0 amide bonds. The second-order valence-electron chi connectivity index (χ2n) is 1.72. The third-order valence-electron chi connectivity index (χ3n) is 0.664. The molecule has 0 aliphatic carbocycles. The summed E-state index contributed by atoms with van der Waals surface area (Å²) in [6.45, 7) is 1.97. The molecule has 6 nitrogen and oxygen atoms in total. The molecule has 0 saturated heterocycles. The van der Waals surface area contributed by atoms with Gasteiger partial charge in [-0.1, -0.05) is 0 Å². The average Bonchev–Trinajstić information content (AvgIpc) is 2.01. The van der Waals surface area contributed by atoms with Gasteiger partial charge in [0.15, 0.2) is 0 Å². The Morgan fingerprint density at radius 2 is 1.20 bits per heavy atom. The monoisotopic (exact) mass is 284 g/mol. The Bertz CT molecular complexity index is 142. The molecule has 0 rings (SSSR count). The van der Waals surface area contributed by atoms with Gasteiger partial charge in [-0.2, -0.15) is 0 Å². The first-order valence-electron chi connectivity index (χ1n) is 3.30. The van der Waals surface area contributed by atoms with E-state index in [1.54, 1.807) is 14.2 Å². The normalized spacial score (nSPS) is 7.20. The van der Waals surface area contributed by atoms with E-state index in [1.807, 2.05) is 6.55 Å². The first-order valence-corrected chi connectivity index (χ1v) is 6.21. The molecule has 15 heavy (non-hydrogen) atoms. The molecular formula is C5H17N2NaO4S2Si. The molecule has 0 saturated carbocycles. The topological polar surface area (TPSA) is 111 Å². The minimum absolute atomic E-state index is 0. The first-order chi connectivity index (χ1) is 6.27. The quantitative estimate of drug-likeness (QED) is 0.380. The predicted octanol–water partition coefficient (Wildman–Crippen LogP) is -0.943. The van der Waals surface area contributed by atoms with E-state index in [0.29, 0.717) is 0 Å². The van der Waals surface area contributed by atoms with Crippen molar-refractivity contribution >= 4 is 73.6 Å². The van der Waals surface area contributed by atoms with Crippen LogP contribution in [0.3, 0.4) is 0 Å². The molecule has 0 atom stereocenters. The zero-order valence-corrected chi connectivity index (χ0v) is 11.0. The molecule has 0 heterocycles. The molecule has 0 aromatic heterocycles. The molecule has 0 bridgehead atoms. The summed E-state index contributed by atoms with van der Waals surface area (Å²) in [7, 11) is 2.17. The Morgan fingerprint density at radius 3 is 1.20 bits per heavy atom. The fourth-order valence-electron chi connectivity index (χ4n) is 0.0962. The zero-order valence-electron chi connectivity index (χ0n) is 8.26. The second kappa shape index (κ2) is 20.0. The molecule has 0 radical (unpaired) electrons. The van der Waals surface area contributed by atoms with Crippen LogP contribution < -0.4 is 11.5 Å². The maximum absolute atomic E-state index is 7.56. The van der Waals surface area contributed by atoms with E-state index in [0.717, 1.165) is 0 Å². The third-order valence-corrected chi connectivity index (χ3v) is 1.99. The molecule has 0 spiro atoms. The number of aliphatic hydroxyl groups is 2. The van der Waals surface area contributed by atoms with Crippen molar-refractivity contribution in [3.63, 3.8) is 0 Å². The van der Waals surface area contributed by atoms with Crippen LogP contribution in [0, 0.1) is 0 Å². The summed E-state index contributed by atoms with van der Waals surface area (Å²) in [4.78, 5) is 0. The summed E-state index contributed by atoms with van der Waals surface area (Å²) in [5.41, 5.74) is 8.80. The van der Waals surface area contributed by atoms with Crippen molar-refractivity contribution in [1.29, 1.82) is 0 Å². The van der Waals surface area contributed by atoms with Gasteiger partial charge < -0.3 is 30.5 Å². The van der Waals surface area contributed by atoms with Gasteiger partial charge >= 0.3 is 38.8 Å². The van der Waals surface area contributed by atoms with E-state index < -0.39 is 19.6 Å². The van der Waals surface area contributed by atoms with Crippen LogP contribution in [0.5, 0.6) is 0 Å². The molecular weight excluding hydrogens is 267 g/mol. The molecule has 0 aliphatic heterocycles. The summed E-state index contributed by atoms with van der Waals surface area (Å²) in [6.07, 6.45) is 0. The number of hydrogen-bond donors (Lipinski definition) is 4. The van der Waals surface area contributed by atoms with Gasteiger partial charge in [-0.05, 0) is 31.0 Å². The first kappa shape index (κ1) is 24.7. The third kappa shape index (κ3) is 111. The van der Waals surface area contributed by atoms with E-state index in [2.05, 4.69) is 35.9 Å². The van der Waals surface area contributed by atoms with Crippen molar-refractivity contribution in [2.24, 2.45) is 11.5 Å². The number of nitrogens with two attached hydrogens (primary N) is 2. The fraction of sp³-hybridized carbons (Fsp3) is 0.600. The Morgan fingerprint density at radius 1 is 1.07 bits per heavy atom. The predicted molar refractivity (Wildman–Crippen MR) is 73.0 cm³/mol. The van der Waals surface area contributed by atoms with Crippen molar-refractivity contribution in [1.82, 2.24) is 0 Å². The number of hydrogen-bond acceptors (Lipinski definition) is 4. The number of thiocarbonyl (C=S) groups is 2. The van der Waals surface area contributed by atoms with Crippen LogP contribution in [0.25, 0.3) is 0 Å². The molecule has 0 unspecified atom stereocenters. The summed E-state index contributed by atoms with van der Waals surface area (Å²) < 4.78 is 9.63. The van der Waals surface area contributed by atoms with Crippen molar-refractivity contribution in [3.05, 3.63) is 0 Å². The van der Waals surface area contributed by atoms with E-state index in [9.17, 15) is 0 Å². The van der Waals surface area contributed by atoms with Gasteiger partial charge in [0.05, 0.1) is 0 Å². The maximum atomic E-state index is 7.56. The minimum atomic E-state index is -1.16. The van der Waals surface area contributed by atoms with Crippen LogP contribution in [0.15, 0.2) is 0 Å². The average molecular weight is 284 g/mol. The van der Waals surface area contributed by atoms with Crippen LogP contribution in [-0.4, -0.2) is 73.6 Å². The van der Waals surface area contributed by atoms with E-state index in [4.69, 9.17) is 19.1 Å². The van der Waals surface area contributed by atoms with E-state index >= 15 is 0 Å². The molecule has 0 aromatic carbocycles. The van der Waals surface area contributed by atoms with Crippen LogP contribution in [0.1, 0.15) is 0 Å². The standard InChI is InChI=1S/C3H10O2Si.2CH3NOS.Na.H/c1-4-6(3)5-2;2*2-1(3)4;;/h6H,1-3H3;2*(H3,2,3,4);;. The molecule has 0 aromatic rings. The van der Waals surface area contributed by atoms with Crippen LogP contribution in [0.4, 0.5) is 0 Å². The SMILES string of the molecule is CO[SiH](C)OC.NC(O)=S.NC(O)=S.[NaH]. The number of aliphatic hydroxyl groups excluding tert-OH is 2. The Hall–Kier alpha value is 0.517. The molecule has 10 heteroatoms. The van der Waals surface area contributed by atoms with Crippen molar-refractivity contribution in [2.45, 2.75) is 6.55 Å². The van der Waals surface area contributed by atoms with E-state index in [1.165, 1.54) is 0 Å². The summed E-state index contributed by atoms with van der Waals surface area (Å²) in [6, 6.07) is 0. The fourth-order valence-corrected chi connectivity index (χ4v) is 0.289. The molecule has 0 fully saturated rings. The molecule has 0 aliphatic rings. The van der Waals surface area contributed by atoms with Crippen molar-refractivity contribution in [2.75, 3.05) is 14.2 Å². The Labute approximate surface area is 124 Å². The van der Waals surface area contributed by atoms with Gasteiger partial charge in [-0.3, -0.25) is 0 Å². The van der Waals surface area contributed by atoms with Gasteiger partial charge in [0, 0.05) is 14.2 Å². The van der Waals surface area contributed by atoms with Gasteiger partial charge in [-0.15, -0.1) is 0 Å². The summed E-state index contributed by atoms with van der Waals surface area (Å²) in [5.74, 6) is 0. The zero-order chi connectivity index (χ0) is 12.1. The van der Waals surface area contributed by atoms with Gasteiger partial charge in [0.25, 0.3) is 10.3 Å². The van der Waals surface area contributed by atoms with Crippen molar-refractivity contribution in [3.8, 4) is 0 Å². The van der Waals surface area contributed by atoms with Crippen molar-refractivity contribution < 1.29 is 19.1 Å². The van der Waals surface area contributed by atoms with Crippen LogP contribution >= 0.6 is 24.4 Å². The van der Waals surface area contributed by atoms with Gasteiger partial charge in [-0.25, -0.2) is 0 Å². The molecule has 6 N–H and O–H groups in total. The summed E-state index contributed by atoms with van der Waals surface area (Å²) >= 11 is 7.74. The molecule has 88 valence electrons. The Balaban J connectivity index is -0.0000000606. The van der Waals surface area contributed by atoms with E-state index in [-0.39, 0.29) is 29.6 Å². The van der Waals surface area contributed by atoms with Gasteiger partial charge in [0.2, 0.25) is 0 Å². The number of rotatable bonds is 2. The van der Waals surface area contributed by atoms with Crippen LogP contribution in [0.2, 0.25) is 6.55 Å². The second-order valence-corrected chi connectivity index (χ2v) is 4.63. The van der Waals surface area contributed by atoms with Gasteiger partial charge in [0.1, 0.15) is 0 Å². The summed E-state index contributed by atoms with van der Waals surface area (Å²) in [5, 5.41) is 14.1.